The Hall–Kier alpha value is -0.0800. The Morgan fingerprint density at radius 2 is 1.71 bits per heavy atom. The zero-order valence-corrected chi connectivity index (χ0v) is 10.1. The van der Waals surface area contributed by atoms with Crippen LogP contribution in [0.4, 0.5) is 0 Å². The van der Waals surface area contributed by atoms with Gasteiger partial charge in [-0.15, -0.1) is 0 Å². The molecule has 0 amide bonds. The zero-order valence-electron chi connectivity index (χ0n) is 10.1. The number of nitrogens with one attached hydrogen (secondary N) is 1. The number of hydrogen-bond acceptors (Lipinski definition) is 2. The van der Waals surface area contributed by atoms with Gasteiger partial charge in [0.15, 0.2) is 0 Å². The maximum absolute atomic E-state index is 9.08. The van der Waals surface area contributed by atoms with Crippen molar-refractivity contribution >= 4 is 0 Å². The molecule has 0 saturated heterocycles. The van der Waals surface area contributed by atoms with Crippen LogP contribution in [0.2, 0.25) is 0 Å². The second kappa shape index (κ2) is 9.47. The second-order valence-corrected chi connectivity index (χ2v) is 4.36. The lowest BCUT2D eigenvalue weighted by Crippen LogP contribution is -2.32. The van der Waals surface area contributed by atoms with Gasteiger partial charge < -0.3 is 10.4 Å². The summed E-state index contributed by atoms with van der Waals surface area (Å²) in [6.07, 6.45) is 7.74. The van der Waals surface area contributed by atoms with E-state index >= 15 is 0 Å². The quantitative estimate of drug-likeness (QED) is 0.562. The summed E-state index contributed by atoms with van der Waals surface area (Å²) in [6, 6.07) is 0.547. The molecule has 0 radical (unpaired) electrons. The SMILES string of the molecule is CCCCCCCC(C)NCC(C)O. The van der Waals surface area contributed by atoms with Crippen molar-refractivity contribution in [2.24, 2.45) is 0 Å². The monoisotopic (exact) mass is 201 g/mol. The molecule has 0 aliphatic carbocycles. The maximum atomic E-state index is 9.08. The topological polar surface area (TPSA) is 32.3 Å². The van der Waals surface area contributed by atoms with Crippen molar-refractivity contribution in [2.45, 2.75) is 71.4 Å². The molecule has 0 aromatic heterocycles. The largest absolute Gasteiger partial charge is 0.392 e. The summed E-state index contributed by atoms with van der Waals surface area (Å²) in [5, 5.41) is 12.4. The van der Waals surface area contributed by atoms with Gasteiger partial charge in [0.1, 0.15) is 0 Å². The van der Waals surface area contributed by atoms with E-state index in [0.717, 1.165) is 6.54 Å². The van der Waals surface area contributed by atoms with Gasteiger partial charge in [-0.2, -0.15) is 0 Å². The van der Waals surface area contributed by atoms with E-state index in [1.165, 1.54) is 38.5 Å². The molecule has 0 aliphatic rings. The fraction of sp³-hybridized carbons (Fsp3) is 1.00. The molecule has 0 rings (SSSR count). The molecule has 2 atom stereocenters. The molecular formula is C12H27NO. The summed E-state index contributed by atoms with van der Waals surface area (Å²) in [5.41, 5.74) is 0. The van der Waals surface area contributed by atoms with Crippen molar-refractivity contribution in [3.05, 3.63) is 0 Å². The highest BCUT2D eigenvalue weighted by Gasteiger charge is 2.02. The van der Waals surface area contributed by atoms with Gasteiger partial charge in [-0.1, -0.05) is 39.0 Å². The Kier molecular flexibility index (Phi) is 9.42. The minimum absolute atomic E-state index is 0.224. The highest BCUT2D eigenvalue weighted by atomic mass is 16.3. The summed E-state index contributed by atoms with van der Waals surface area (Å²) in [4.78, 5) is 0. The summed E-state index contributed by atoms with van der Waals surface area (Å²) >= 11 is 0. The molecule has 86 valence electrons. The van der Waals surface area contributed by atoms with Crippen molar-refractivity contribution in [2.75, 3.05) is 6.54 Å². The minimum Gasteiger partial charge on any atom is -0.392 e. The summed E-state index contributed by atoms with van der Waals surface area (Å²) in [7, 11) is 0. The molecule has 2 unspecified atom stereocenters. The van der Waals surface area contributed by atoms with E-state index in [1.807, 2.05) is 6.92 Å². The minimum atomic E-state index is -0.224. The summed E-state index contributed by atoms with van der Waals surface area (Å²) in [5.74, 6) is 0. The van der Waals surface area contributed by atoms with Crippen LogP contribution in [-0.2, 0) is 0 Å². The molecule has 2 heteroatoms. The third-order valence-corrected chi connectivity index (χ3v) is 2.50. The van der Waals surface area contributed by atoms with E-state index in [2.05, 4.69) is 19.2 Å². The highest BCUT2D eigenvalue weighted by Crippen LogP contribution is 2.06. The van der Waals surface area contributed by atoms with Crippen molar-refractivity contribution in [3.63, 3.8) is 0 Å². The van der Waals surface area contributed by atoms with E-state index in [9.17, 15) is 0 Å². The van der Waals surface area contributed by atoms with E-state index in [1.54, 1.807) is 0 Å². The van der Waals surface area contributed by atoms with Gasteiger partial charge >= 0.3 is 0 Å². The Balaban J connectivity index is 3.14. The van der Waals surface area contributed by atoms with Gasteiger partial charge in [0, 0.05) is 12.6 Å². The van der Waals surface area contributed by atoms with Crippen LogP contribution in [0.5, 0.6) is 0 Å². The average Bonchev–Trinajstić information content (AvgIpc) is 2.14. The number of unbranched alkanes of at least 4 members (excludes halogenated alkanes) is 4. The molecule has 2 N–H and O–H groups in total. The van der Waals surface area contributed by atoms with Crippen LogP contribution < -0.4 is 5.32 Å². The maximum Gasteiger partial charge on any atom is 0.0636 e. The second-order valence-electron chi connectivity index (χ2n) is 4.36. The number of aliphatic hydroxyl groups excluding tert-OH is 1. The Morgan fingerprint density at radius 3 is 2.29 bits per heavy atom. The third kappa shape index (κ3) is 10.0. The number of rotatable bonds is 9. The van der Waals surface area contributed by atoms with Crippen molar-refractivity contribution in [3.8, 4) is 0 Å². The normalized spacial score (nSPS) is 15.4. The van der Waals surface area contributed by atoms with E-state index in [0.29, 0.717) is 6.04 Å². The first-order chi connectivity index (χ1) is 6.66. The van der Waals surface area contributed by atoms with Crippen molar-refractivity contribution < 1.29 is 5.11 Å². The first kappa shape index (κ1) is 13.9. The van der Waals surface area contributed by atoms with Crippen molar-refractivity contribution in [1.82, 2.24) is 5.32 Å². The molecular weight excluding hydrogens is 174 g/mol. The Bertz CT molecular complexity index is 115. The van der Waals surface area contributed by atoms with Gasteiger partial charge in [-0.3, -0.25) is 0 Å². The van der Waals surface area contributed by atoms with Crippen molar-refractivity contribution in [1.29, 1.82) is 0 Å². The highest BCUT2D eigenvalue weighted by molar-refractivity contribution is 4.62. The van der Waals surface area contributed by atoms with E-state index in [-0.39, 0.29) is 6.10 Å². The van der Waals surface area contributed by atoms with Gasteiger partial charge in [0.25, 0.3) is 0 Å². The Morgan fingerprint density at radius 1 is 1.07 bits per heavy atom. The van der Waals surface area contributed by atoms with E-state index in [4.69, 9.17) is 5.11 Å². The molecule has 0 fully saturated rings. The first-order valence-corrected chi connectivity index (χ1v) is 6.08. The molecule has 0 aromatic rings. The molecule has 2 nitrogen and oxygen atoms in total. The van der Waals surface area contributed by atoms with Gasteiger partial charge in [0.05, 0.1) is 6.10 Å². The molecule has 0 aliphatic heterocycles. The molecule has 0 heterocycles. The summed E-state index contributed by atoms with van der Waals surface area (Å²) in [6.45, 7) is 6.98. The third-order valence-electron chi connectivity index (χ3n) is 2.50. The lowest BCUT2D eigenvalue weighted by molar-refractivity contribution is 0.186. The lowest BCUT2D eigenvalue weighted by Gasteiger charge is -2.14. The Labute approximate surface area is 89.1 Å². The number of aliphatic hydroxyl groups is 1. The van der Waals surface area contributed by atoms with Crippen LogP contribution in [0.1, 0.15) is 59.3 Å². The van der Waals surface area contributed by atoms with Crippen LogP contribution in [0, 0.1) is 0 Å². The predicted octanol–water partition coefficient (Wildman–Crippen LogP) is 2.71. The molecule has 0 saturated carbocycles. The van der Waals surface area contributed by atoms with Crippen LogP contribution >= 0.6 is 0 Å². The van der Waals surface area contributed by atoms with Crippen LogP contribution in [0.25, 0.3) is 0 Å². The molecule has 0 bridgehead atoms. The first-order valence-electron chi connectivity index (χ1n) is 6.08. The van der Waals surface area contributed by atoms with E-state index < -0.39 is 0 Å². The standard InChI is InChI=1S/C12H27NO/c1-4-5-6-7-8-9-11(2)13-10-12(3)14/h11-14H,4-10H2,1-3H3. The lowest BCUT2D eigenvalue weighted by atomic mass is 10.1. The molecule has 14 heavy (non-hydrogen) atoms. The molecule has 0 spiro atoms. The fourth-order valence-corrected chi connectivity index (χ4v) is 1.53. The van der Waals surface area contributed by atoms with Gasteiger partial charge in [0.2, 0.25) is 0 Å². The summed E-state index contributed by atoms with van der Waals surface area (Å²) < 4.78 is 0. The predicted molar refractivity (Wildman–Crippen MR) is 62.5 cm³/mol. The van der Waals surface area contributed by atoms with Crippen LogP contribution in [0.15, 0.2) is 0 Å². The van der Waals surface area contributed by atoms with Crippen LogP contribution in [0.3, 0.4) is 0 Å². The zero-order chi connectivity index (χ0) is 10.8. The smallest absolute Gasteiger partial charge is 0.0636 e. The number of hydrogen-bond donors (Lipinski definition) is 2. The fourth-order valence-electron chi connectivity index (χ4n) is 1.53. The van der Waals surface area contributed by atoms with Crippen LogP contribution in [-0.4, -0.2) is 23.8 Å². The van der Waals surface area contributed by atoms with Gasteiger partial charge in [-0.25, -0.2) is 0 Å². The van der Waals surface area contributed by atoms with Gasteiger partial charge in [-0.05, 0) is 20.3 Å². The molecule has 0 aromatic carbocycles. The average molecular weight is 201 g/mol.